The van der Waals surface area contributed by atoms with Crippen LogP contribution in [0, 0.1) is 5.82 Å². The Hall–Kier alpha value is -1.98. The van der Waals surface area contributed by atoms with Gasteiger partial charge in [-0.25, -0.2) is 4.39 Å². The second-order valence-electron chi connectivity index (χ2n) is 5.46. The number of nitrogens with one attached hydrogen (secondary N) is 2. The first kappa shape index (κ1) is 17.4. The Bertz CT molecular complexity index is 601. The number of halogens is 1. The van der Waals surface area contributed by atoms with Crippen LogP contribution in [0.1, 0.15) is 12.0 Å². The molecule has 0 amide bonds. The van der Waals surface area contributed by atoms with E-state index in [0.29, 0.717) is 5.11 Å². The van der Waals surface area contributed by atoms with Gasteiger partial charge in [0.05, 0.1) is 0 Å². The Kier molecular flexibility index (Phi) is 6.97. The molecular formula is C18H22FN3S. The van der Waals surface area contributed by atoms with Crippen LogP contribution in [0.4, 0.5) is 10.1 Å². The lowest BCUT2D eigenvalue weighted by atomic mass is 10.2. The molecule has 122 valence electrons. The minimum absolute atomic E-state index is 0.254. The van der Waals surface area contributed by atoms with Crippen molar-refractivity contribution in [1.82, 2.24) is 10.2 Å². The van der Waals surface area contributed by atoms with Gasteiger partial charge in [-0.05, 0) is 62.1 Å². The first-order chi connectivity index (χ1) is 11.1. The van der Waals surface area contributed by atoms with Gasteiger partial charge in [-0.3, -0.25) is 0 Å². The fourth-order valence-corrected chi connectivity index (χ4v) is 2.45. The Balaban J connectivity index is 1.61. The molecular weight excluding hydrogens is 309 g/mol. The fourth-order valence-electron chi connectivity index (χ4n) is 2.23. The monoisotopic (exact) mass is 331 g/mol. The molecule has 0 fully saturated rings. The minimum atomic E-state index is -0.254. The van der Waals surface area contributed by atoms with Gasteiger partial charge in [0.15, 0.2) is 5.11 Å². The molecule has 0 unspecified atom stereocenters. The van der Waals surface area contributed by atoms with Crippen LogP contribution in [0.25, 0.3) is 0 Å². The summed E-state index contributed by atoms with van der Waals surface area (Å²) in [5.74, 6) is -0.254. The molecule has 3 nitrogen and oxygen atoms in total. The van der Waals surface area contributed by atoms with Gasteiger partial charge in [0.2, 0.25) is 0 Å². The van der Waals surface area contributed by atoms with Gasteiger partial charge in [-0.2, -0.15) is 0 Å². The van der Waals surface area contributed by atoms with Crippen molar-refractivity contribution in [1.29, 1.82) is 0 Å². The highest BCUT2D eigenvalue weighted by Gasteiger charge is 2.01. The largest absolute Gasteiger partial charge is 0.362 e. The number of anilines is 1. The summed E-state index contributed by atoms with van der Waals surface area (Å²) in [6, 6.07) is 16.6. The molecule has 0 radical (unpaired) electrons. The van der Waals surface area contributed by atoms with Crippen molar-refractivity contribution >= 4 is 23.0 Å². The number of thiocarbonyl (C=S) groups is 1. The van der Waals surface area contributed by atoms with Gasteiger partial charge in [-0.15, -0.1) is 0 Å². The topological polar surface area (TPSA) is 27.3 Å². The summed E-state index contributed by atoms with van der Waals surface area (Å²) in [6.45, 7) is 2.73. The van der Waals surface area contributed by atoms with Gasteiger partial charge in [-0.1, -0.05) is 30.3 Å². The first-order valence-electron chi connectivity index (χ1n) is 7.66. The molecule has 0 bridgehead atoms. The standard InChI is InChI=1S/C18H22FN3S/c1-22(14-15-6-3-2-4-7-15)13-5-12-20-18(23)21-17-10-8-16(19)9-11-17/h2-4,6-11H,5,12-14H2,1H3,(H2,20,21,23). The summed E-state index contributed by atoms with van der Waals surface area (Å²) in [5, 5.41) is 6.76. The predicted octanol–water partition coefficient (Wildman–Crippen LogP) is 3.63. The molecule has 0 heterocycles. The second kappa shape index (κ2) is 9.22. The van der Waals surface area contributed by atoms with Crippen molar-refractivity contribution in [2.75, 3.05) is 25.5 Å². The molecule has 0 saturated carbocycles. The zero-order valence-electron chi connectivity index (χ0n) is 13.3. The molecule has 0 saturated heterocycles. The number of hydrogen-bond donors (Lipinski definition) is 2. The van der Waals surface area contributed by atoms with Crippen LogP contribution in [0.15, 0.2) is 54.6 Å². The lowest BCUT2D eigenvalue weighted by Crippen LogP contribution is -2.31. The second-order valence-corrected chi connectivity index (χ2v) is 5.87. The van der Waals surface area contributed by atoms with Crippen LogP contribution in [-0.2, 0) is 6.54 Å². The van der Waals surface area contributed by atoms with Crippen LogP contribution in [0.2, 0.25) is 0 Å². The zero-order chi connectivity index (χ0) is 16.5. The van der Waals surface area contributed by atoms with Gasteiger partial charge >= 0.3 is 0 Å². The van der Waals surface area contributed by atoms with E-state index in [2.05, 4.69) is 46.8 Å². The molecule has 0 spiro atoms. The average Bonchev–Trinajstić information content (AvgIpc) is 2.55. The van der Waals surface area contributed by atoms with Crippen molar-refractivity contribution in [2.45, 2.75) is 13.0 Å². The van der Waals surface area contributed by atoms with E-state index in [-0.39, 0.29) is 5.82 Å². The zero-order valence-corrected chi connectivity index (χ0v) is 14.1. The van der Waals surface area contributed by atoms with E-state index in [1.54, 1.807) is 12.1 Å². The predicted molar refractivity (Wildman–Crippen MR) is 98.0 cm³/mol. The molecule has 0 atom stereocenters. The molecule has 2 rings (SSSR count). The third-order valence-electron chi connectivity index (χ3n) is 3.40. The third-order valence-corrected chi connectivity index (χ3v) is 3.65. The number of benzene rings is 2. The fraction of sp³-hybridized carbons (Fsp3) is 0.278. The van der Waals surface area contributed by atoms with Crippen molar-refractivity contribution in [3.05, 3.63) is 66.0 Å². The summed E-state index contributed by atoms with van der Waals surface area (Å²) in [6.07, 6.45) is 0.995. The van der Waals surface area contributed by atoms with Crippen molar-refractivity contribution < 1.29 is 4.39 Å². The first-order valence-corrected chi connectivity index (χ1v) is 8.07. The maximum atomic E-state index is 12.8. The SMILES string of the molecule is CN(CCCNC(=S)Nc1ccc(F)cc1)Cc1ccccc1. The van der Waals surface area contributed by atoms with E-state index >= 15 is 0 Å². The van der Waals surface area contributed by atoms with E-state index in [9.17, 15) is 4.39 Å². The molecule has 0 aliphatic rings. The molecule has 2 aromatic carbocycles. The highest BCUT2D eigenvalue weighted by Crippen LogP contribution is 2.07. The number of hydrogen-bond acceptors (Lipinski definition) is 2. The molecule has 2 aromatic rings. The van der Waals surface area contributed by atoms with E-state index in [1.165, 1.54) is 17.7 Å². The van der Waals surface area contributed by atoms with E-state index in [0.717, 1.165) is 31.7 Å². The van der Waals surface area contributed by atoms with Crippen LogP contribution < -0.4 is 10.6 Å². The lowest BCUT2D eigenvalue weighted by molar-refractivity contribution is 0.322. The number of nitrogens with zero attached hydrogens (tertiary/aromatic N) is 1. The highest BCUT2D eigenvalue weighted by atomic mass is 32.1. The lowest BCUT2D eigenvalue weighted by Gasteiger charge is -2.17. The molecule has 0 aliphatic carbocycles. The summed E-state index contributed by atoms with van der Waals surface area (Å²) < 4.78 is 12.8. The Morgan fingerprint density at radius 3 is 2.48 bits per heavy atom. The molecule has 23 heavy (non-hydrogen) atoms. The van der Waals surface area contributed by atoms with E-state index in [4.69, 9.17) is 12.2 Å². The normalized spacial score (nSPS) is 10.6. The van der Waals surface area contributed by atoms with Gasteiger partial charge in [0.1, 0.15) is 5.82 Å². The molecule has 0 aliphatic heterocycles. The number of rotatable bonds is 7. The Morgan fingerprint density at radius 2 is 1.78 bits per heavy atom. The van der Waals surface area contributed by atoms with Crippen molar-refractivity contribution in [3.8, 4) is 0 Å². The minimum Gasteiger partial charge on any atom is -0.362 e. The quantitative estimate of drug-likeness (QED) is 0.598. The summed E-state index contributed by atoms with van der Waals surface area (Å²) in [5.41, 5.74) is 2.10. The highest BCUT2D eigenvalue weighted by molar-refractivity contribution is 7.80. The molecule has 0 aromatic heterocycles. The van der Waals surface area contributed by atoms with Crippen LogP contribution in [0.3, 0.4) is 0 Å². The van der Waals surface area contributed by atoms with E-state index < -0.39 is 0 Å². The maximum Gasteiger partial charge on any atom is 0.170 e. The Morgan fingerprint density at radius 1 is 1.09 bits per heavy atom. The Labute approximate surface area is 142 Å². The average molecular weight is 331 g/mol. The summed E-state index contributed by atoms with van der Waals surface area (Å²) in [4.78, 5) is 2.29. The summed E-state index contributed by atoms with van der Waals surface area (Å²) >= 11 is 5.22. The van der Waals surface area contributed by atoms with Crippen LogP contribution in [-0.4, -0.2) is 30.1 Å². The summed E-state index contributed by atoms with van der Waals surface area (Å²) in [7, 11) is 2.11. The molecule has 5 heteroatoms. The smallest absolute Gasteiger partial charge is 0.170 e. The van der Waals surface area contributed by atoms with Crippen molar-refractivity contribution in [2.24, 2.45) is 0 Å². The van der Waals surface area contributed by atoms with Crippen LogP contribution in [0.5, 0.6) is 0 Å². The molecule has 2 N–H and O–H groups in total. The van der Waals surface area contributed by atoms with Crippen molar-refractivity contribution in [3.63, 3.8) is 0 Å². The van der Waals surface area contributed by atoms with Gasteiger partial charge in [0, 0.05) is 18.8 Å². The third kappa shape index (κ3) is 6.76. The van der Waals surface area contributed by atoms with Gasteiger partial charge < -0.3 is 15.5 Å². The van der Waals surface area contributed by atoms with Gasteiger partial charge in [0.25, 0.3) is 0 Å². The van der Waals surface area contributed by atoms with E-state index in [1.807, 2.05) is 6.07 Å². The van der Waals surface area contributed by atoms with Crippen LogP contribution >= 0.6 is 12.2 Å². The maximum absolute atomic E-state index is 12.8.